The van der Waals surface area contributed by atoms with Crippen LogP contribution in [0.5, 0.6) is 5.75 Å². The van der Waals surface area contributed by atoms with Crippen molar-refractivity contribution in [1.82, 2.24) is 4.90 Å². The number of amidine groups is 1. The molecule has 1 aromatic rings. The van der Waals surface area contributed by atoms with Crippen molar-refractivity contribution in [3.05, 3.63) is 30.3 Å². The summed E-state index contributed by atoms with van der Waals surface area (Å²) in [6, 6.07) is 10.00. The smallest absolute Gasteiger partial charge is 0.159 e. The number of hydrogen-bond donors (Lipinski definition) is 0. The fraction of sp³-hybridized carbons (Fsp3) is 0.417. The highest BCUT2D eigenvalue weighted by Crippen LogP contribution is 2.28. The third-order valence-corrected chi connectivity index (χ3v) is 3.98. The van der Waals surface area contributed by atoms with Crippen LogP contribution in [0.25, 0.3) is 0 Å². The maximum absolute atomic E-state index is 5.75. The molecule has 2 aliphatic heterocycles. The van der Waals surface area contributed by atoms with Gasteiger partial charge in [0.1, 0.15) is 12.4 Å². The highest BCUT2D eigenvalue weighted by Gasteiger charge is 2.31. The lowest BCUT2D eigenvalue weighted by molar-refractivity contribution is 0.302. The highest BCUT2D eigenvalue weighted by molar-refractivity contribution is 8.14. The fourth-order valence-corrected chi connectivity index (χ4v) is 3.14. The number of hydrogen-bond acceptors (Lipinski definition) is 4. The van der Waals surface area contributed by atoms with Gasteiger partial charge in [0.25, 0.3) is 0 Å². The van der Waals surface area contributed by atoms with Crippen LogP contribution in [-0.2, 0) is 0 Å². The van der Waals surface area contributed by atoms with E-state index in [0.29, 0.717) is 5.25 Å². The number of thioether (sulfide) groups is 1. The highest BCUT2D eigenvalue weighted by atomic mass is 32.2. The van der Waals surface area contributed by atoms with E-state index in [1.165, 1.54) is 5.17 Å². The summed E-state index contributed by atoms with van der Waals surface area (Å²) in [4.78, 5) is 6.80. The Labute approximate surface area is 99.5 Å². The fourth-order valence-electron chi connectivity index (χ4n) is 1.97. The van der Waals surface area contributed by atoms with Gasteiger partial charge >= 0.3 is 0 Å². The normalized spacial score (nSPS) is 23.1. The SMILES string of the molecule is c1ccc(OCC2CN3CCN=C3S2)cc1. The van der Waals surface area contributed by atoms with Gasteiger partial charge in [0.05, 0.1) is 11.8 Å². The molecular formula is C12H14N2OS. The van der Waals surface area contributed by atoms with Crippen molar-refractivity contribution in [2.45, 2.75) is 5.25 Å². The van der Waals surface area contributed by atoms with Gasteiger partial charge in [-0.05, 0) is 12.1 Å². The van der Waals surface area contributed by atoms with E-state index in [2.05, 4.69) is 9.89 Å². The van der Waals surface area contributed by atoms with Crippen LogP contribution in [0.4, 0.5) is 0 Å². The predicted octanol–water partition coefficient (Wildman–Crippen LogP) is 1.85. The van der Waals surface area contributed by atoms with E-state index in [1.807, 2.05) is 42.1 Å². The first kappa shape index (κ1) is 10.0. The Hall–Kier alpha value is -1.16. The quantitative estimate of drug-likeness (QED) is 0.798. The molecule has 16 heavy (non-hydrogen) atoms. The van der Waals surface area contributed by atoms with Crippen LogP contribution < -0.4 is 4.74 Å². The van der Waals surface area contributed by atoms with Gasteiger partial charge < -0.3 is 9.64 Å². The molecule has 4 heteroatoms. The third-order valence-electron chi connectivity index (χ3n) is 2.76. The first-order valence-corrected chi connectivity index (χ1v) is 6.44. The maximum atomic E-state index is 5.75. The van der Waals surface area contributed by atoms with Crippen LogP contribution in [0, 0.1) is 0 Å². The lowest BCUT2D eigenvalue weighted by Gasteiger charge is -2.12. The number of fused-ring (bicyclic) bond motifs is 1. The third kappa shape index (κ3) is 2.02. The second-order valence-electron chi connectivity index (χ2n) is 3.97. The van der Waals surface area contributed by atoms with Crippen molar-refractivity contribution >= 4 is 16.9 Å². The predicted molar refractivity (Wildman–Crippen MR) is 67.2 cm³/mol. The van der Waals surface area contributed by atoms with Crippen LogP contribution in [-0.4, -0.2) is 41.6 Å². The average molecular weight is 234 g/mol. The zero-order valence-electron chi connectivity index (χ0n) is 9.00. The number of ether oxygens (including phenoxy) is 1. The molecule has 3 nitrogen and oxygen atoms in total. The Morgan fingerprint density at radius 1 is 1.38 bits per heavy atom. The standard InChI is InChI=1S/C12H14N2OS/c1-2-4-10(5-3-1)15-9-11-8-14-7-6-13-12(14)16-11/h1-5,11H,6-9H2. The lowest BCUT2D eigenvalue weighted by atomic mass is 10.3. The van der Waals surface area contributed by atoms with Crippen molar-refractivity contribution in [2.75, 3.05) is 26.2 Å². The van der Waals surface area contributed by atoms with E-state index in [4.69, 9.17) is 4.74 Å². The van der Waals surface area contributed by atoms with Gasteiger partial charge in [0.15, 0.2) is 5.17 Å². The molecule has 1 fully saturated rings. The van der Waals surface area contributed by atoms with Crippen molar-refractivity contribution in [3.63, 3.8) is 0 Å². The van der Waals surface area contributed by atoms with Gasteiger partial charge in [-0.3, -0.25) is 4.99 Å². The van der Waals surface area contributed by atoms with E-state index in [1.54, 1.807) is 0 Å². The molecule has 3 rings (SSSR count). The molecule has 1 atom stereocenters. The molecule has 1 aromatic carbocycles. The molecule has 1 saturated heterocycles. The zero-order chi connectivity index (χ0) is 10.8. The molecule has 2 aliphatic rings. The van der Waals surface area contributed by atoms with Crippen LogP contribution in [0.1, 0.15) is 0 Å². The summed E-state index contributed by atoms with van der Waals surface area (Å²) in [5, 5.41) is 1.74. The molecule has 0 bridgehead atoms. The Morgan fingerprint density at radius 3 is 3.06 bits per heavy atom. The molecule has 0 spiro atoms. The molecule has 0 N–H and O–H groups in total. The molecule has 84 valence electrons. The van der Waals surface area contributed by atoms with Crippen molar-refractivity contribution in [3.8, 4) is 5.75 Å². The minimum Gasteiger partial charge on any atom is -0.492 e. The van der Waals surface area contributed by atoms with E-state index in [0.717, 1.165) is 32.0 Å². The van der Waals surface area contributed by atoms with Crippen molar-refractivity contribution in [2.24, 2.45) is 4.99 Å². The maximum Gasteiger partial charge on any atom is 0.159 e. The van der Waals surface area contributed by atoms with Crippen LogP contribution in [0.3, 0.4) is 0 Å². The van der Waals surface area contributed by atoms with E-state index in [-0.39, 0.29) is 0 Å². The Kier molecular flexibility index (Phi) is 2.74. The second kappa shape index (κ2) is 4.37. The summed E-state index contributed by atoms with van der Waals surface area (Å²) in [6.07, 6.45) is 0. The molecule has 1 unspecified atom stereocenters. The van der Waals surface area contributed by atoms with Crippen LogP contribution in [0.2, 0.25) is 0 Å². The van der Waals surface area contributed by atoms with Crippen molar-refractivity contribution < 1.29 is 4.74 Å². The first-order valence-electron chi connectivity index (χ1n) is 5.56. The summed E-state index contributed by atoms with van der Waals surface area (Å²) in [7, 11) is 0. The summed E-state index contributed by atoms with van der Waals surface area (Å²) in [5.74, 6) is 0.956. The van der Waals surface area contributed by atoms with Gasteiger partial charge in [-0.25, -0.2) is 0 Å². The molecule has 2 heterocycles. The van der Waals surface area contributed by atoms with E-state index in [9.17, 15) is 0 Å². The number of aliphatic imine (C=N–C) groups is 1. The summed E-state index contributed by atoms with van der Waals surface area (Å²) >= 11 is 1.85. The Balaban J connectivity index is 1.54. The van der Waals surface area contributed by atoms with Crippen molar-refractivity contribution in [1.29, 1.82) is 0 Å². The monoisotopic (exact) mass is 234 g/mol. The number of rotatable bonds is 3. The van der Waals surface area contributed by atoms with Gasteiger partial charge in [-0.1, -0.05) is 30.0 Å². The summed E-state index contributed by atoms with van der Waals surface area (Å²) in [6.45, 7) is 3.90. The Bertz CT molecular complexity index is 393. The zero-order valence-corrected chi connectivity index (χ0v) is 9.82. The van der Waals surface area contributed by atoms with Crippen LogP contribution in [0.15, 0.2) is 35.3 Å². The van der Waals surface area contributed by atoms with Gasteiger partial charge in [0, 0.05) is 13.1 Å². The first-order chi connectivity index (χ1) is 7.92. The average Bonchev–Trinajstić information content (AvgIpc) is 2.88. The van der Waals surface area contributed by atoms with Gasteiger partial charge in [0.2, 0.25) is 0 Å². The second-order valence-corrected chi connectivity index (χ2v) is 5.24. The molecule has 0 saturated carbocycles. The Morgan fingerprint density at radius 2 is 2.25 bits per heavy atom. The largest absolute Gasteiger partial charge is 0.492 e. The molecule has 0 aromatic heterocycles. The number of benzene rings is 1. The molecule has 0 radical (unpaired) electrons. The molecule has 0 amide bonds. The number of para-hydroxylation sites is 1. The van der Waals surface area contributed by atoms with E-state index >= 15 is 0 Å². The number of nitrogens with zero attached hydrogens (tertiary/aromatic N) is 2. The summed E-state index contributed by atoms with van der Waals surface area (Å²) in [5.41, 5.74) is 0. The van der Waals surface area contributed by atoms with Gasteiger partial charge in [-0.15, -0.1) is 0 Å². The van der Waals surface area contributed by atoms with Gasteiger partial charge in [-0.2, -0.15) is 0 Å². The lowest BCUT2D eigenvalue weighted by Crippen LogP contribution is -2.25. The summed E-state index contributed by atoms with van der Waals surface area (Å²) < 4.78 is 5.75. The molecule has 0 aliphatic carbocycles. The minimum atomic E-state index is 0.527. The molecular weight excluding hydrogens is 220 g/mol. The minimum absolute atomic E-state index is 0.527. The van der Waals surface area contributed by atoms with Crippen LogP contribution >= 0.6 is 11.8 Å². The van der Waals surface area contributed by atoms with E-state index < -0.39 is 0 Å². The topological polar surface area (TPSA) is 24.8 Å².